The van der Waals surface area contributed by atoms with E-state index in [1.807, 2.05) is 6.92 Å². The molecule has 0 aromatic carbocycles. The van der Waals surface area contributed by atoms with Crippen LogP contribution in [0.3, 0.4) is 0 Å². The largest absolute Gasteiger partial charge is 0.472 e. The summed E-state index contributed by atoms with van der Waals surface area (Å²) >= 11 is 0. The summed E-state index contributed by atoms with van der Waals surface area (Å²) in [6, 6.07) is 0. The number of ether oxygens (including phenoxy) is 2. The Morgan fingerprint density at radius 3 is 2.83 bits per heavy atom. The molecule has 0 bridgehead atoms. The van der Waals surface area contributed by atoms with Gasteiger partial charge in [-0.3, -0.25) is 23.4 Å². The molecular weight excluding hydrogens is 343 g/mol. The predicted octanol–water partition coefficient (Wildman–Crippen LogP) is 0.301. The fourth-order valence-corrected chi connectivity index (χ4v) is 2.66. The van der Waals surface area contributed by atoms with Gasteiger partial charge in [0.1, 0.15) is 6.10 Å². The standard InChI is InChI=1S/C13H21N2O8P/c1-4-9-6-21-10(7-22-24(18,19)20-3)12(23-9)15-5-8(2)11(16)14-13(15)17/h5,9-10,12H,4,6-7H2,1-3H3,(H,18,19)(H,14,16,17)/t9?,10?,12-/m1/s1. The minimum absolute atomic E-state index is 0.251. The van der Waals surface area contributed by atoms with Crippen molar-refractivity contribution < 1.29 is 28.0 Å². The molecule has 0 saturated carbocycles. The van der Waals surface area contributed by atoms with Crippen molar-refractivity contribution in [1.82, 2.24) is 9.55 Å². The molecule has 11 heteroatoms. The fraction of sp³-hybridized carbons (Fsp3) is 0.692. The molecule has 3 unspecified atom stereocenters. The maximum atomic E-state index is 12.1. The number of hydrogen-bond donors (Lipinski definition) is 2. The highest BCUT2D eigenvalue weighted by Gasteiger charge is 2.35. The van der Waals surface area contributed by atoms with Crippen LogP contribution in [-0.2, 0) is 23.1 Å². The molecule has 0 aliphatic carbocycles. The zero-order valence-corrected chi connectivity index (χ0v) is 14.5. The number of aromatic amines is 1. The molecule has 1 fully saturated rings. The van der Waals surface area contributed by atoms with Crippen molar-refractivity contribution in [3.63, 3.8) is 0 Å². The molecule has 1 aromatic heterocycles. The molecular formula is C13H21N2O8P. The second-order valence-electron chi connectivity index (χ2n) is 5.35. The molecule has 1 aromatic rings. The van der Waals surface area contributed by atoms with E-state index in [1.165, 1.54) is 10.8 Å². The summed E-state index contributed by atoms with van der Waals surface area (Å²) in [7, 11) is -3.15. The molecule has 1 aliphatic heterocycles. The Kier molecular flexibility index (Phi) is 6.13. The minimum Gasteiger partial charge on any atom is -0.368 e. The normalized spacial score (nSPS) is 26.9. The van der Waals surface area contributed by atoms with Gasteiger partial charge in [-0.15, -0.1) is 0 Å². The number of nitrogens with one attached hydrogen (secondary N) is 1. The van der Waals surface area contributed by atoms with Crippen molar-refractivity contribution in [2.24, 2.45) is 0 Å². The number of rotatable bonds is 6. The molecule has 10 nitrogen and oxygen atoms in total. The van der Waals surface area contributed by atoms with Crippen LogP contribution in [0.25, 0.3) is 0 Å². The molecule has 2 heterocycles. The molecule has 1 saturated heterocycles. The number of nitrogens with zero attached hydrogens (tertiary/aromatic N) is 1. The van der Waals surface area contributed by atoms with Crippen molar-refractivity contribution in [2.45, 2.75) is 38.7 Å². The summed E-state index contributed by atoms with van der Waals surface area (Å²) in [6.07, 6.45) is 0.0103. The summed E-state index contributed by atoms with van der Waals surface area (Å²) in [6.45, 7) is 3.37. The van der Waals surface area contributed by atoms with Crippen LogP contribution < -0.4 is 11.2 Å². The fourth-order valence-electron chi connectivity index (χ4n) is 2.22. The Morgan fingerprint density at radius 2 is 2.21 bits per heavy atom. The lowest BCUT2D eigenvalue weighted by atomic mass is 10.2. The van der Waals surface area contributed by atoms with Crippen molar-refractivity contribution >= 4 is 7.82 Å². The Labute approximate surface area is 137 Å². The molecule has 1 aliphatic rings. The lowest BCUT2D eigenvalue weighted by Crippen LogP contribution is -2.47. The average Bonchev–Trinajstić information content (AvgIpc) is 2.56. The number of phosphoric ester groups is 1. The summed E-state index contributed by atoms with van der Waals surface area (Å²) < 4.78 is 33.3. The van der Waals surface area contributed by atoms with E-state index in [1.54, 1.807) is 6.92 Å². The third-order valence-electron chi connectivity index (χ3n) is 3.65. The van der Waals surface area contributed by atoms with Gasteiger partial charge in [-0.2, -0.15) is 0 Å². The minimum atomic E-state index is -4.19. The van der Waals surface area contributed by atoms with E-state index in [0.29, 0.717) is 12.0 Å². The van der Waals surface area contributed by atoms with E-state index in [-0.39, 0.29) is 19.3 Å². The zero-order valence-electron chi connectivity index (χ0n) is 13.6. The highest BCUT2D eigenvalue weighted by Crippen LogP contribution is 2.42. The molecule has 2 rings (SSSR count). The van der Waals surface area contributed by atoms with Gasteiger partial charge in [-0.25, -0.2) is 9.36 Å². The van der Waals surface area contributed by atoms with E-state index < -0.39 is 31.4 Å². The van der Waals surface area contributed by atoms with Crippen LogP contribution >= 0.6 is 7.82 Å². The third kappa shape index (κ3) is 4.41. The van der Waals surface area contributed by atoms with Gasteiger partial charge in [0, 0.05) is 18.9 Å². The van der Waals surface area contributed by atoms with Crippen molar-refractivity contribution in [2.75, 3.05) is 20.3 Å². The molecule has 0 radical (unpaired) electrons. The number of H-pyrrole nitrogens is 1. The van der Waals surface area contributed by atoms with Gasteiger partial charge in [0.25, 0.3) is 5.56 Å². The second kappa shape index (κ2) is 7.73. The molecule has 24 heavy (non-hydrogen) atoms. The summed E-state index contributed by atoms with van der Waals surface area (Å²) in [5, 5.41) is 0. The van der Waals surface area contributed by atoms with E-state index >= 15 is 0 Å². The van der Waals surface area contributed by atoms with Gasteiger partial charge < -0.3 is 14.4 Å². The summed E-state index contributed by atoms with van der Waals surface area (Å²) in [5.41, 5.74) is -0.840. The van der Waals surface area contributed by atoms with Gasteiger partial charge in [-0.05, 0) is 13.3 Å². The monoisotopic (exact) mass is 364 g/mol. The zero-order chi connectivity index (χ0) is 17.9. The maximum absolute atomic E-state index is 12.1. The van der Waals surface area contributed by atoms with Crippen molar-refractivity contribution in [3.8, 4) is 0 Å². The van der Waals surface area contributed by atoms with Gasteiger partial charge in [-0.1, -0.05) is 6.92 Å². The van der Waals surface area contributed by atoms with Crippen LogP contribution in [0.15, 0.2) is 15.8 Å². The van der Waals surface area contributed by atoms with E-state index in [2.05, 4.69) is 9.51 Å². The summed E-state index contributed by atoms with van der Waals surface area (Å²) in [4.78, 5) is 35.1. The first-order valence-electron chi connectivity index (χ1n) is 7.39. The molecule has 0 amide bonds. The van der Waals surface area contributed by atoms with Gasteiger partial charge in [0.2, 0.25) is 0 Å². The SMILES string of the molecule is CCC1COC(COP(=O)(O)OC)[C@H](n2cc(C)c(=O)[nH]c2=O)O1. The van der Waals surface area contributed by atoms with Crippen LogP contribution in [0.1, 0.15) is 25.1 Å². The van der Waals surface area contributed by atoms with E-state index in [0.717, 1.165) is 7.11 Å². The van der Waals surface area contributed by atoms with E-state index in [9.17, 15) is 19.0 Å². The van der Waals surface area contributed by atoms with Crippen molar-refractivity contribution in [1.29, 1.82) is 0 Å². The number of aryl methyl sites for hydroxylation is 1. The maximum Gasteiger partial charge on any atom is 0.472 e. The molecule has 0 spiro atoms. The Hall–Kier alpha value is -1.29. The Morgan fingerprint density at radius 1 is 1.50 bits per heavy atom. The quantitative estimate of drug-likeness (QED) is 0.690. The van der Waals surface area contributed by atoms with E-state index in [4.69, 9.17) is 14.0 Å². The van der Waals surface area contributed by atoms with Gasteiger partial charge >= 0.3 is 13.5 Å². The van der Waals surface area contributed by atoms with Gasteiger partial charge in [0.05, 0.1) is 19.3 Å². The topological polar surface area (TPSA) is 129 Å². The third-order valence-corrected chi connectivity index (χ3v) is 4.59. The number of hydrogen-bond acceptors (Lipinski definition) is 7. The smallest absolute Gasteiger partial charge is 0.368 e. The number of phosphoric acid groups is 1. The van der Waals surface area contributed by atoms with Crippen LogP contribution in [-0.4, -0.2) is 47.0 Å². The first-order chi connectivity index (χ1) is 11.3. The second-order valence-corrected chi connectivity index (χ2v) is 6.91. The predicted molar refractivity (Wildman–Crippen MR) is 82.8 cm³/mol. The number of aromatic nitrogens is 2. The summed E-state index contributed by atoms with van der Waals surface area (Å²) in [5.74, 6) is 0. The van der Waals surface area contributed by atoms with Crippen LogP contribution in [0, 0.1) is 6.92 Å². The van der Waals surface area contributed by atoms with Crippen molar-refractivity contribution in [3.05, 3.63) is 32.6 Å². The lowest BCUT2D eigenvalue weighted by Gasteiger charge is -2.37. The Bertz CT molecular complexity index is 729. The van der Waals surface area contributed by atoms with Gasteiger partial charge in [0.15, 0.2) is 6.23 Å². The van der Waals surface area contributed by atoms with Crippen LogP contribution in [0.4, 0.5) is 0 Å². The molecule has 136 valence electrons. The highest BCUT2D eigenvalue weighted by molar-refractivity contribution is 7.47. The highest BCUT2D eigenvalue weighted by atomic mass is 31.2. The van der Waals surface area contributed by atoms with Crippen LogP contribution in [0.2, 0.25) is 0 Å². The first-order valence-corrected chi connectivity index (χ1v) is 8.89. The first kappa shape index (κ1) is 19.0. The Balaban J connectivity index is 2.29. The average molecular weight is 364 g/mol. The lowest BCUT2D eigenvalue weighted by molar-refractivity contribution is -0.218. The molecule has 2 N–H and O–H groups in total. The van der Waals surface area contributed by atoms with Crippen LogP contribution in [0.5, 0.6) is 0 Å². The molecule has 4 atom stereocenters.